The molecule has 4 aromatic rings. The number of furan rings is 1. The Kier molecular flexibility index (Phi) is 4.49. The molecule has 0 radical (unpaired) electrons. The normalized spacial score (nSPS) is 13.8. The molecular weight excluding hydrogens is 428 g/mol. The number of nitrogens with one attached hydrogen (secondary N) is 2. The largest absolute Gasteiger partial charge is 0.458 e. The summed E-state index contributed by atoms with van der Waals surface area (Å²) >= 11 is 0. The zero-order valence-corrected chi connectivity index (χ0v) is 16.3. The molecule has 0 fully saturated rings. The van der Waals surface area contributed by atoms with Crippen molar-refractivity contribution in [1.82, 2.24) is 15.0 Å². The van der Waals surface area contributed by atoms with E-state index >= 15 is 0 Å². The van der Waals surface area contributed by atoms with Gasteiger partial charge in [0.05, 0.1) is 10.4 Å². The molecule has 7 nitrogen and oxygen atoms in total. The van der Waals surface area contributed by atoms with Gasteiger partial charge in [-0.3, -0.25) is 0 Å². The molecule has 4 rings (SSSR count). The summed E-state index contributed by atoms with van der Waals surface area (Å²) in [5, 5.41) is 2.46. The van der Waals surface area contributed by atoms with E-state index in [1.165, 1.54) is 19.1 Å². The van der Waals surface area contributed by atoms with Crippen molar-refractivity contribution in [2.45, 2.75) is 24.0 Å². The van der Waals surface area contributed by atoms with E-state index in [-0.39, 0.29) is 38.5 Å². The van der Waals surface area contributed by atoms with Gasteiger partial charge in [0.1, 0.15) is 17.2 Å². The van der Waals surface area contributed by atoms with E-state index < -0.39 is 33.6 Å². The molecule has 30 heavy (non-hydrogen) atoms. The number of imidazole rings is 1. The fraction of sp³-hybridized carbons (Fsp3) is 0.222. The molecular formula is C18H14F4N4O3S. The van der Waals surface area contributed by atoms with Gasteiger partial charge < -0.3 is 14.7 Å². The van der Waals surface area contributed by atoms with Crippen LogP contribution in [0.15, 0.2) is 39.8 Å². The minimum absolute atomic E-state index is 0.0363. The lowest BCUT2D eigenvalue weighted by atomic mass is 10.1. The molecule has 0 amide bonds. The van der Waals surface area contributed by atoms with Crippen LogP contribution in [0.25, 0.3) is 22.1 Å². The summed E-state index contributed by atoms with van der Waals surface area (Å²) in [5.41, 5.74) is 0.427. The fourth-order valence-corrected chi connectivity index (χ4v) is 3.65. The maximum Gasteiger partial charge on any atom is 0.415 e. The van der Waals surface area contributed by atoms with E-state index in [4.69, 9.17) is 4.42 Å². The van der Waals surface area contributed by atoms with Gasteiger partial charge in [-0.05, 0) is 31.2 Å². The quantitative estimate of drug-likeness (QED) is 0.458. The first-order valence-corrected chi connectivity index (χ1v) is 10.4. The lowest BCUT2D eigenvalue weighted by molar-refractivity contribution is -0.147. The van der Waals surface area contributed by atoms with E-state index in [1.54, 1.807) is 0 Å². The Morgan fingerprint density at radius 2 is 1.97 bits per heavy atom. The van der Waals surface area contributed by atoms with Crippen LogP contribution in [-0.2, 0) is 9.84 Å². The average molecular weight is 442 g/mol. The summed E-state index contributed by atoms with van der Waals surface area (Å²) in [6.07, 6.45) is -2.72. The maximum absolute atomic E-state index is 13.8. The van der Waals surface area contributed by atoms with E-state index in [0.29, 0.717) is 0 Å². The van der Waals surface area contributed by atoms with Gasteiger partial charge in [-0.25, -0.2) is 17.8 Å². The van der Waals surface area contributed by atoms with Crippen LogP contribution in [0.4, 0.5) is 23.5 Å². The van der Waals surface area contributed by atoms with Gasteiger partial charge in [-0.1, -0.05) is 0 Å². The Bertz CT molecular complexity index is 1380. The van der Waals surface area contributed by atoms with Crippen molar-refractivity contribution in [2.24, 2.45) is 0 Å². The molecule has 1 atom stereocenters. The lowest BCUT2D eigenvalue weighted by Crippen LogP contribution is -2.28. The number of hydrogen-bond donors (Lipinski definition) is 2. The third-order valence-electron chi connectivity index (χ3n) is 4.55. The minimum atomic E-state index is -4.78. The van der Waals surface area contributed by atoms with Crippen LogP contribution in [-0.4, -0.2) is 35.8 Å². The molecule has 0 spiro atoms. The number of hydrogen-bond acceptors (Lipinski definition) is 6. The van der Waals surface area contributed by atoms with Crippen LogP contribution in [0.3, 0.4) is 0 Å². The highest BCUT2D eigenvalue weighted by Gasteiger charge is 2.45. The van der Waals surface area contributed by atoms with Crippen molar-refractivity contribution >= 4 is 37.9 Å². The van der Waals surface area contributed by atoms with E-state index in [0.717, 1.165) is 24.6 Å². The predicted molar refractivity (Wildman–Crippen MR) is 100 cm³/mol. The molecule has 12 heteroatoms. The number of nitrogens with zero attached hydrogens (tertiary/aromatic N) is 2. The first-order valence-electron chi connectivity index (χ1n) is 8.51. The number of pyridine rings is 1. The highest BCUT2D eigenvalue weighted by Crippen LogP contribution is 2.40. The van der Waals surface area contributed by atoms with Gasteiger partial charge in [-0.15, -0.1) is 0 Å². The van der Waals surface area contributed by atoms with Crippen molar-refractivity contribution in [1.29, 1.82) is 0 Å². The second-order valence-electron chi connectivity index (χ2n) is 6.75. The van der Waals surface area contributed by atoms with Crippen LogP contribution in [0, 0.1) is 12.7 Å². The van der Waals surface area contributed by atoms with Crippen LogP contribution < -0.4 is 5.32 Å². The van der Waals surface area contributed by atoms with Gasteiger partial charge in [0.25, 0.3) is 0 Å². The molecule has 0 unspecified atom stereocenters. The van der Waals surface area contributed by atoms with Crippen molar-refractivity contribution in [3.05, 3.63) is 47.6 Å². The number of benzene rings is 1. The van der Waals surface area contributed by atoms with E-state index in [9.17, 15) is 26.0 Å². The van der Waals surface area contributed by atoms with Crippen molar-refractivity contribution in [2.75, 3.05) is 11.6 Å². The monoisotopic (exact) mass is 442 g/mol. The third-order valence-corrected chi connectivity index (χ3v) is 5.63. The molecule has 158 valence electrons. The molecule has 0 aliphatic carbocycles. The summed E-state index contributed by atoms with van der Waals surface area (Å²) in [6.45, 7) is 1.40. The molecule has 0 aliphatic heterocycles. The van der Waals surface area contributed by atoms with E-state index in [2.05, 4.69) is 20.3 Å². The smallest absolute Gasteiger partial charge is 0.415 e. The number of fused-ring (bicyclic) bond motifs is 2. The zero-order chi connectivity index (χ0) is 21.8. The zero-order valence-electron chi connectivity index (χ0n) is 15.5. The number of halogens is 4. The Balaban J connectivity index is 1.77. The van der Waals surface area contributed by atoms with Crippen molar-refractivity contribution in [3.8, 4) is 0 Å². The minimum Gasteiger partial charge on any atom is -0.458 e. The Morgan fingerprint density at radius 1 is 1.23 bits per heavy atom. The van der Waals surface area contributed by atoms with Gasteiger partial charge in [-0.2, -0.15) is 18.2 Å². The summed E-state index contributed by atoms with van der Waals surface area (Å²) in [6, 6.07) is 2.39. The van der Waals surface area contributed by atoms with Gasteiger partial charge >= 0.3 is 6.18 Å². The molecule has 3 heterocycles. The predicted octanol–water partition coefficient (Wildman–Crippen LogP) is 4.27. The molecule has 0 bridgehead atoms. The number of sulfone groups is 1. The standard InChI is InChI=1S/C18H14F4N4O3S/c1-8-11-5-9(19)3-4-13(11)29-14(8)15(18(20,21)22)25-17-24-12-6-10(30(2,27)28)7-23-16(12)26-17/h3-7,15H,1-2H3,(H2,23,24,25,26)/t15-/m0/s1. The maximum atomic E-state index is 13.8. The second-order valence-corrected chi connectivity index (χ2v) is 8.77. The number of aromatic nitrogens is 3. The molecule has 2 N–H and O–H groups in total. The number of H-pyrrole nitrogens is 1. The van der Waals surface area contributed by atoms with E-state index in [1.807, 2.05) is 0 Å². The Morgan fingerprint density at radius 3 is 2.63 bits per heavy atom. The van der Waals surface area contributed by atoms with Crippen molar-refractivity contribution < 1.29 is 30.4 Å². The number of anilines is 1. The highest BCUT2D eigenvalue weighted by molar-refractivity contribution is 7.90. The summed E-state index contributed by atoms with van der Waals surface area (Å²) in [7, 11) is -3.55. The average Bonchev–Trinajstić information content (AvgIpc) is 3.18. The first-order chi connectivity index (χ1) is 13.9. The first kappa shape index (κ1) is 20.1. The highest BCUT2D eigenvalue weighted by atomic mass is 32.2. The second kappa shape index (κ2) is 6.69. The number of aryl methyl sites for hydroxylation is 1. The SMILES string of the molecule is Cc1c([C@H](Nc2nc3ncc(S(C)(=O)=O)cc3[nH]2)C(F)(F)F)oc2ccc(F)cc12. The number of aromatic amines is 1. The summed E-state index contributed by atoms with van der Waals surface area (Å²) in [4.78, 5) is 10.3. The van der Waals surface area contributed by atoms with Gasteiger partial charge in [0, 0.05) is 23.4 Å². The summed E-state index contributed by atoms with van der Waals surface area (Å²) < 4.78 is 83.6. The molecule has 0 saturated carbocycles. The topological polar surface area (TPSA) is 101 Å². The van der Waals surface area contributed by atoms with Crippen LogP contribution in [0.2, 0.25) is 0 Å². The number of rotatable bonds is 4. The third kappa shape index (κ3) is 3.58. The molecule has 0 saturated heterocycles. The molecule has 3 aromatic heterocycles. The van der Waals surface area contributed by atoms with Crippen LogP contribution in [0.5, 0.6) is 0 Å². The van der Waals surface area contributed by atoms with Crippen molar-refractivity contribution in [3.63, 3.8) is 0 Å². The Labute approximate surface area is 167 Å². The van der Waals surface area contributed by atoms with Crippen LogP contribution >= 0.6 is 0 Å². The lowest BCUT2D eigenvalue weighted by Gasteiger charge is -2.20. The fourth-order valence-electron chi connectivity index (χ4n) is 3.07. The summed E-state index contributed by atoms with van der Waals surface area (Å²) in [5.74, 6) is -1.32. The molecule has 1 aromatic carbocycles. The molecule has 0 aliphatic rings. The Hall–Kier alpha value is -3.15. The van der Waals surface area contributed by atoms with Crippen LogP contribution in [0.1, 0.15) is 17.4 Å². The number of alkyl halides is 3. The van der Waals surface area contributed by atoms with Gasteiger partial charge in [0.15, 0.2) is 21.5 Å². The van der Waals surface area contributed by atoms with Gasteiger partial charge in [0.2, 0.25) is 5.95 Å².